The van der Waals surface area contributed by atoms with E-state index in [1.165, 1.54) is 6.08 Å². The SMILES string of the molecule is O=C(O)C1=CCCC(C(F)(F)F)=C1. The van der Waals surface area contributed by atoms with Gasteiger partial charge in [-0.3, -0.25) is 0 Å². The van der Waals surface area contributed by atoms with Crippen LogP contribution in [-0.4, -0.2) is 17.3 Å². The van der Waals surface area contributed by atoms with E-state index < -0.39 is 17.7 Å². The highest BCUT2D eigenvalue weighted by atomic mass is 19.4. The van der Waals surface area contributed by atoms with Crippen molar-refractivity contribution in [1.29, 1.82) is 0 Å². The quantitative estimate of drug-likeness (QED) is 0.691. The van der Waals surface area contributed by atoms with Gasteiger partial charge in [0.2, 0.25) is 0 Å². The van der Waals surface area contributed by atoms with Crippen LogP contribution < -0.4 is 0 Å². The maximum atomic E-state index is 12.1. The molecule has 2 nitrogen and oxygen atoms in total. The van der Waals surface area contributed by atoms with Gasteiger partial charge < -0.3 is 5.11 Å². The molecule has 0 unspecified atom stereocenters. The van der Waals surface area contributed by atoms with Gasteiger partial charge in [-0.1, -0.05) is 6.08 Å². The molecular weight excluding hydrogens is 185 g/mol. The molecule has 0 spiro atoms. The molecule has 1 aliphatic carbocycles. The molecular formula is C8H7F3O2. The molecule has 0 aliphatic heterocycles. The fourth-order valence-corrected chi connectivity index (χ4v) is 1.07. The summed E-state index contributed by atoms with van der Waals surface area (Å²) in [6.45, 7) is 0. The topological polar surface area (TPSA) is 37.3 Å². The van der Waals surface area contributed by atoms with Crippen LogP contribution in [0.4, 0.5) is 13.2 Å². The van der Waals surface area contributed by atoms with Gasteiger partial charge in [-0.2, -0.15) is 13.2 Å². The Kier molecular flexibility index (Phi) is 2.45. The maximum Gasteiger partial charge on any atom is 0.412 e. The second-order valence-electron chi connectivity index (χ2n) is 2.67. The van der Waals surface area contributed by atoms with Gasteiger partial charge in [-0.15, -0.1) is 0 Å². The first-order valence-corrected chi connectivity index (χ1v) is 3.62. The van der Waals surface area contributed by atoms with Gasteiger partial charge in [0.25, 0.3) is 0 Å². The van der Waals surface area contributed by atoms with Crippen molar-refractivity contribution in [3.63, 3.8) is 0 Å². The van der Waals surface area contributed by atoms with Crippen molar-refractivity contribution < 1.29 is 23.1 Å². The van der Waals surface area contributed by atoms with Crippen molar-refractivity contribution in [2.75, 3.05) is 0 Å². The summed E-state index contributed by atoms with van der Waals surface area (Å²) in [5.41, 5.74) is -1.05. The highest BCUT2D eigenvalue weighted by Gasteiger charge is 2.34. The van der Waals surface area contributed by atoms with Crippen LogP contribution in [0, 0.1) is 0 Å². The number of carbonyl (C=O) groups is 1. The average Bonchev–Trinajstić information content (AvgIpc) is 2.03. The van der Waals surface area contributed by atoms with Gasteiger partial charge in [0.1, 0.15) is 0 Å². The first-order valence-electron chi connectivity index (χ1n) is 3.62. The molecule has 1 N–H and O–H groups in total. The van der Waals surface area contributed by atoms with Gasteiger partial charge in [0.15, 0.2) is 0 Å². The molecule has 0 saturated carbocycles. The largest absolute Gasteiger partial charge is 0.478 e. The maximum absolute atomic E-state index is 12.1. The van der Waals surface area contributed by atoms with Crippen LogP contribution in [0.3, 0.4) is 0 Å². The van der Waals surface area contributed by atoms with Gasteiger partial charge in [0, 0.05) is 5.57 Å². The number of halogens is 3. The Balaban J connectivity index is 2.91. The van der Waals surface area contributed by atoms with E-state index in [9.17, 15) is 18.0 Å². The molecule has 1 aliphatic rings. The van der Waals surface area contributed by atoms with Crippen molar-refractivity contribution in [3.8, 4) is 0 Å². The fourth-order valence-electron chi connectivity index (χ4n) is 1.07. The molecule has 0 saturated heterocycles. The van der Waals surface area contributed by atoms with E-state index in [0.717, 1.165) is 0 Å². The zero-order chi connectivity index (χ0) is 10.1. The third-order valence-corrected chi connectivity index (χ3v) is 1.72. The summed E-state index contributed by atoms with van der Waals surface area (Å²) in [5, 5.41) is 8.44. The van der Waals surface area contributed by atoms with Crippen LogP contribution in [0.2, 0.25) is 0 Å². The Morgan fingerprint density at radius 3 is 2.54 bits per heavy atom. The van der Waals surface area contributed by atoms with Crippen LogP contribution in [-0.2, 0) is 4.79 Å². The van der Waals surface area contributed by atoms with Crippen molar-refractivity contribution in [2.45, 2.75) is 19.0 Å². The van der Waals surface area contributed by atoms with E-state index in [-0.39, 0.29) is 18.4 Å². The van der Waals surface area contributed by atoms with E-state index in [1.54, 1.807) is 0 Å². The zero-order valence-corrected chi connectivity index (χ0v) is 6.56. The number of allylic oxidation sites excluding steroid dienone is 2. The van der Waals surface area contributed by atoms with E-state index in [4.69, 9.17) is 5.11 Å². The minimum Gasteiger partial charge on any atom is -0.478 e. The molecule has 0 aromatic rings. The lowest BCUT2D eigenvalue weighted by atomic mass is 9.99. The van der Waals surface area contributed by atoms with E-state index in [0.29, 0.717) is 6.08 Å². The molecule has 0 fully saturated rings. The monoisotopic (exact) mass is 192 g/mol. The average molecular weight is 192 g/mol. The minimum absolute atomic E-state index is 0.132. The molecule has 0 heterocycles. The number of alkyl halides is 3. The molecule has 1 rings (SSSR count). The lowest BCUT2D eigenvalue weighted by Gasteiger charge is -2.14. The fraction of sp³-hybridized carbons (Fsp3) is 0.375. The highest BCUT2D eigenvalue weighted by molar-refractivity contribution is 5.90. The number of rotatable bonds is 1. The number of hydrogen-bond acceptors (Lipinski definition) is 1. The summed E-state index contributed by atoms with van der Waals surface area (Å²) < 4.78 is 36.3. The number of hydrogen-bond donors (Lipinski definition) is 1. The van der Waals surface area contributed by atoms with E-state index >= 15 is 0 Å². The van der Waals surface area contributed by atoms with Gasteiger partial charge in [0.05, 0.1) is 5.57 Å². The van der Waals surface area contributed by atoms with Crippen molar-refractivity contribution >= 4 is 5.97 Å². The predicted octanol–water partition coefficient (Wildman–Crippen LogP) is 2.28. The van der Waals surface area contributed by atoms with Crippen LogP contribution in [0.1, 0.15) is 12.8 Å². The molecule has 0 aromatic carbocycles. The Hall–Kier alpha value is -1.26. The summed E-state index contributed by atoms with van der Waals surface area (Å²) >= 11 is 0. The van der Waals surface area contributed by atoms with Crippen molar-refractivity contribution in [3.05, 3.63) is 23.3 Å². The summed E-state index contributed by atoms with van der Waals surface area (Å²) in [7, 11) is 0. The molecule has 13 heavy (non-hydrogen) atoms. The highest BCUT2D eigenvalue weighted by Crippen LogP contribution is 2.32. The summed E-state index contributed by atoms with van der Waals surface area (Å²) in [6, 6.07) is 0. The lowest BCUT2D eigenvalue weighted by molar-refractivity contribution is -0.132. The summed E-state index contributed by atoms with van der Waals surface area (Å²) in [6.07, 6.45) is -2.44. The van der Waals surface area contributed by atoms with E-state index in [2.05, 4.69) is 0 Å². The predicted molar refractivity (Wildman–Crippen MR) is 39.1 cm³/mol. The number of aliphatic carboxylic acids is 1. The third-order valence-electron chi connectivity index (χ3n) is 1.72. The van der Waals surface area contributed by atoms with Crippen LogP contribution in [0.5, 0.6) is 0 Å². The number of carboxylic acids is 1. The van der Waals surface area contributed by atoms with Crippen LogP contribution in [0.15, 0.2) is 23.3 Å². The molecule has 0 amide bonds. The van der Waals surface area contributed by atoms with E-state index in [1.807, 2.05) is 0 Å². The second kappa shape index (κ2) is 3.24. The Morgan fingerprint density at radius 1 is 1.46 bits per heavy atom. The lowest BCUT2D eigenvalue weighted by Crippen LogP contribution is -2.15. The Bertz CT molecular complexity index is 286. The van der Waals surface area contributed by atoms with Crippen molar-refractivity contribution in [2.24, 2.45) is 0 Å². The summed E-state index contributed by atoms with van der Waals surface area (Å²) in [5.74, 6) is -1.32. The molecule has 72 valence electrons. The summed E-state index contributed by atoms with van der Waals surface area (Å²) in [4.78, 5) is 10.3. The van der Waals surface area contributed by atoms with Crippen LogP contribution >= 0.6 is 0 Å². The second-order valence-corrected chi connectivity index (χ2v) is 2.67. The standard InChI is InChI=1S/C8H7F3O2/c9-8(10,11)6-3-1-2-5(4-6)7(12)13/h2,4H,1,3H2,(H,12,13). The Labute approximate surface area is 72.4 Å². The van der Waals surface area contributed by atoms with Crippen LogP contribution in [0.25, 0.3) is 0 Å². The molecule has 0 radical (unpaired) electrons. The normalized spacial score (nSPS) is 17.8. The molecule has 5 heteroatoms. The molecule has 0 aromatic heterocycles. The Morgan fingerprint density at radius 2 is 2.08 bits per heavy atom. The minimum atomic E-state index is -4.41. The first-order chi connectivity index (χ1) is 5.91. The zero-order valence-electron chi connectivity index (χ0n) is 6.56. The van der Waals surface area contributed by atoms with Gasteiger partial charge in [-0.25, -0.2) is 4.79 Å². The molecule has 0 atom stereocenters. The first kappa shape index (κ1) is 9.83. The number of carboxylic acid groups (broad SMARTS) is 1. The van der Waals surface area contributed by atoms with Crippen molar-refractivity contribution in [1.82, 2.24) is 0 Å². The molecule has 0 bridgehead atoms. The third kappa shape index (κ3) is 2.34. The van der Waals surface area contributed by atoms with Gasteiger partial charge >= 0.3 is 12.1 Å². The smallest absolute Gasteiger partial charge is 0.412 e. The van der Waals surface area contributed by atoms with Gasteiger partial charge in [-0.05, 0) is 18.9 Å².